The van der Waals surface area contributed by atoms with E-state index in [0.717, 1.165) is 5.92 Å². The van der Waals surface area contributed by atoms with Crippen LogP contribution in [0.4, 0.5) is 0 Å². The highest BCUT2D eigenvalue weighted by molar-refractivity contribution is 5.25. The van der Waals surface area contributed by atoms with Crippen molar-refractivity contribution < 1.29 is 0 Å². The number of unbranched alkanes of at least 4 members (excludes halogenated alkanes) is 4. The molecule has 1 heterocycles. The molecule has 0 unspecified atom stereocenters. The van der Waals surface area contributed by atoms with Gasteiger partial charge in [0.2, 0.25) is 0 Å². The molecule has 0 spiro atoms. The van der Waals surface area contributed by atoms with Gasteiger partial charge in [0.05, 0.1) is 0 Å². The third kappa shape index (κ3) is 5.20. The second-order valence-corrected chi connectivity index (χ2v) is 5.42. The monoisotopic (exact) mass is 247 g/mol. The van der Waals surface area contributed by atoms with Crippen LogP contribution in [0.5, 0.6) is 0 Å². The Morgan fingerprint density at radius 3 is 2.11 bits per heavy atom. The van der Waals surface area contributed by atoms with Gasteiger partial charge in [-0.05, 0) is 42.9 Å². The highest BCUT2D eigenvalue weighted by atomic mass is 14.6. The van der Waals surface area contributed by atoms with Crippen LogP contribution in [-0.2, 0) is 0 Å². The molecule has 0 aliphatic heterocycles. The van der Waals surface area contributed by atoms with E-state index in [1.807, 2.05) is 12.4 Å². The lowest BCUT2D eigenvalue weighted by molar-refractivity contribution is 0.504. The zero-order valence-corrected chi connectivity index (χ0v) is 12.4. The zero-order valence-electron chi connectivity index (χ0n) is 12.4. The predicted molar refractivity (Wildman–Crippen MR) is 80.0 cm³/mol. The molecule has 0 aliphatic rings. The summed E-state index contributed by atoms with van der Waals surface area (Å²) in [5.74, 6) is 0.756. The van der Waals surface area contributed by atoms with E-state index in [1.165, 1.54) is 62.5 Å². The summed E-state index contributed by atoms with van der Waals surface area (Å²) in [5, 5.41) is 0. The van der Waals surface area contributed by atoms with E-state index in [2.05, 4.69) is 31.8 Å². The number of aromatic nitrogens is 1. The summed E-state index contributed by atoms with van der Waals surface area (Å²) in [5.41, 5.74) is 2.91. The second kappa shape index (κ2) is 9.13. The predicted octanol–water partition coefficient (Wildman–Crippen LogP) is 5.63. The van der Waals surface area contributed by atoms with Crippen LogP contribution in [0.3, 0.4) is 0 Å². The van der Waals surface area contributed by atoms with E-state index in [1.54, 1.807) is 0 Å². The highest BCUT2D eigenvalue weighted by Crippen LogP contribution is 2.29. The van der Waals surface area contributed by atoms with Crippen molar-refractivity contribution in [2.75, 3.05) is 0 Å². The fourth-order valence-corrected chi connectivity index (χ4v) is 2.68. The van der Waals surface area contributed by atoms with E-state index in [-0.39, 0.29) is 0 Å². The van der Waals surface area contributed by atoms with Gasteiger partial charge >= 0.3 is 0 Å². The van der Waals surface area contributed by atoms with Crippen LogP contribution in [0.2, 0.25) is 0 Å². The first kappa shape index (κ1) is 15.2. The van der Waals surface area contributed by atoms with Crippen LogP contribution in [0.25, 0.3) is 0 Å². The van der Waals surface area contributed by atoms with Gasteiger partial charge in [0.15, 0.2) is 0 Å². The van der Waals surface area contributed by atoms with Crippen molar-refractivity contribution in [1.82, 2.24) is 4.98 Å². The van der Waals surface area contributed by atoms with E-state index in [0.29, 0.717) is 0 Å². The summed E-state index contributed by atoms with van der Waals surface area (Å²) in [7, 11) is 0. The van der Waals surface area contributed by atoms with E-state index < -0.39 is 0 Å². The molecule has 0 saturated heterocycles. The van der Waals surface area contributed by atoms with Gasteiger partial charge in [-0.3, -0.25) is 4.98 Å². The van der Waals surface area contributed by atoms with Gasteiger partial charge in [-0.25, -0.2) is 0 Å². The topological polar surface area (TPSA) is 12.9 Å². The molecule has 0 bridgehead atoms. The third-order valence-corrected chi connectivity index (χ3v) is 3.82. The molecule has 18 heavy (non-hydrogen) atoms. The second-order valence-electron chi connectivity index (χ2n) is 5.42. The zero-order chi connectivity index (χ0) is 13.2. The molecule has 1 aromatic rings. The smallest absolute Gasteiger partial charge is 0.0299 e. The molecule has 0 radical (unpaired) electrons. The van der Waals surface area contributed by atoms with E-state index in [9.17, 15) is 0 Å². The molecule has 1 nitrogen and oxygen atoms in total. The van der Waals surface area contributed by atoms with Gasteiger partial charge in [-0.15, -0.1) is 0 Å². The van der Waals surface area contributed by atoms with Gasteiger partial charge in [-0.2, -0.15) is 0 Å². The summed E-state index contributed by atoms with van der Waals surface area (Å²) in [6.07, 6.45) is 14.8. The molecule has 0 saturated carbocycles. The maximum Gasteiger partial charge on any atom is 0.0299 e. The summed E-state index contributed by atoms with van der Waals surface area (Å²) in [6.45, 7) is 6.77. The largest absolute Gasteiger partial charge is 0.264 e. The number of pyridine rings is 1. The Bertz CT molecular complexity index is 309. The number of hydrogen-bond donors (Lipinski definition) is 0. The third-order valence-electron chi connectivity index (χ3n) is 3.82. The van der Waals surface area contributed by atoms with Crippen LogP contribution in [0, 0.1) is 6.92 Å². The Hall–Kier alpha value is -0.850. The molecule has 1 aromatic heterocycles. The summed E-state index contributed by atoms with van der Waals surface area (Å²) >= 11 is 0. The molecule has 0 atom stereocenters. The quantitative estimate of drug-likeness (QED) is 0.515. The Balaban J connectivity index is 2.60. The minimum atomic E-state index is 0.756. The lowest BCUT2D eigenvalue weighted by Gasteiger charge is -2.19. The van der Waals surface area contributed by atoms with Crippen LogP contribution in [0.15, 0.2) is 18.5 Å². The first-order valence-electron chi connectivity index (χ1n) is 7.70. The fraction of sp³-hybridized carbons (Fsp3) is 0.706. The number of rotatable bonds is 9. The first-order chi connectivity index (χ1) is 8.79. The normalized spacial score (nSPS) is 11.1. The van der Waals surface area contributed by atoms with Crippen molar-refractivity contribution in [3.8, 4) is 0 Å². The average molecular weight is 247 g/mol. The van der Waals surface area contributed by atoms with Crippen molar-refractivity contribution in [3.63, 3.8) is 0 Å². The minimum Gasteiger partial charge on any atom is -0.264 e. The molecule has 0 fully saturated rings. The summed E-state index contributed by atoms with van der Waals surface area (Å²) < 4.78 is 0. The van der Waals surface area contributed by atoms with Gasteiger partial charge < -0.3 is 0 Å². The molecule has 0 aromatic carbocycles. The molecular weight excluding hydrogens is 218 g/mol. The Morgan fingerprint density at radius 2 is 1.61 bits per heavy atom. The van der Waals surface area contributed by atoms with Crippen LogP contribution in [0.1, 0.15) is 82.3 Å². The van der Waals surface area contributed by atoms with Gasteiger partial charge in [0, 0.05) is 12.4 Å². The number of aryl methyl sites for hydroxylation is 1. The van der Waals surface area contributed by atoms with Crippen LogP contribution < -0.4 is 0 Å². The number of hydrogen-bond acceptors (Lipinski definition) is 1. The molecule has 1 heteroatoms. The van der Waals surface area contributed by atoms with Gasteiger partial charge in [0.25, 0.3) is 0 Å². The summed E-state index contributed by atoms with van der Waals surface area (Å²) in [6, 6.07) is 2.23. The average Bonchev–Trinajstić information content (AvgIpc) is 2.38. The fourth-order valence-electron chi connectivity index (χ4n) is 2.68. The van der Waals surface area contributed by atoms with Crippen LogP contribution >= 0.6 is 0 Å². The lowest BCUT2D eigenvalue weighted by Crippen LogP contribution is -2.02. The Morgan fingerprint density at radius 1 is 1.00 bits per heavy atom. The maximum atomic E-state index is 4.22. The number of nitrogens with zero attached hydrogens (tertiary/aromatic N) is 1. The van der Waals surface area contributed by atoms with E-state index in [4.69, 9.17) is 0 Å². The highest BCUT2D eigenvalue weighted by Gasteiger charge is 2.13. The SMILES string of the molecule is CCCCCC(CCCCC)c1ccncc1C. The standard InChI is InChI=1S/C17H29N/c1-4-6-8-10-16(11-9-7-5-2)17-12-13-18-14-15(17)3/h12-14,16H,4-11H2,1-3H3. The molecular formula is C17H29N. The maximum absolute atomic E-state index is 4.22. The van der Waals surface area contributed by atoms with Crippen molar-refractivity contribution in [1.29, 1.82) is 0 Å². The minimum absolute atomic E-state index is 0.756. The van der Waals surface area contributed by atoms with Crippen molar-refractivity contribution in [2.45, 2.75) is 78.1 Å². The molecule has 0 amide bonds. The van der Waals surface area contributed by atoms with Gasteiger partial charge in [-0.1, -0.05) is 52.4 Å². The first-order valence-corrected chi connectivity index (χ1v) is 7.70. The molecule has 102 valence electrons. The Labute approximate surface area is 113 Å². The summed E-state index contributed by atoms with van der Waals surface area (Å²) in [4.78, 5) is 4.22. The lowest BCUT2D eigenvalue weighted by atomic mass is 9.87. The Kier molecular flexibility index (Phi) is 7.71. The van der Waals surface area contributed by atoms with Gasteiger partial charge in [0.1, 0.15) is 0 Å². The van der Waals surface area contributed by atoms with Crippen LogP contribution in [-0.4, -0.2) is 4.98 Å². The van der Waals surface area contributed by atoms with E-state index >= 15 is 0 Å². The molecule has 1 rings (SSSR count). The molecule has 0 aliphatic carbocycles. The van der Waals surface area contributed by atoms with Crippen molar-refractivity contribution in [3.05, 3.63) is 29.6 Å². The van der Waals surface area contributed by atoms with Crippen molar-refractivity contribution >= 4 is 0 Å². The van der Waals surface area contributed by atoms with Crippen molar-refractivity contribution in [2.24, 2.45) is 0 Å². The molecule has 0 N–H and O–H groups in total.